The Kier molecular flexibility index (Phi) is 39.0. The summed E-state index contributed by atoms with van der Waals surface area (Å²) in [4.78, 5) is 8.68. The van der Waals surface area contributed by atoms with Crippen LogP contribution >= 0.6 is 25.5 Å². The molecule has 0 unspecified atom stereocenters. The van der Waals surface area contributed by atoms with Gasteiger partial charge in [-0.05, 0) is 34.0 Å². The zero-order chi connectivity index (χ0) is 23.3. The Labute approximate surface area is 188 Å². The maximum atomic E-state index is 8.68. The van der Waals surface area contributed by atoms with Crippen molar-refractivity contribution in [3.05, 3.63) is 6.65 Å². The minimum absolute atomic E-state index is 0.262. The predicted molar refractivity (Wildman–Crippen MR) is 126 cm³/mol. The summed E-state index contributed by atoms with van der Waals surface area (Å²) in [7, 11) is 5.09. The Balaban J connectivity index is -0.0000000896. The molecule has 0 fully saturated rings. The van der Waals surface area contributed by atoms with Gasteiger partial charge in [0.05, 0.1) is 0 Å². The van der Waals surface area contributed by atoms with Crippen molar-refractivity contribution in [1.82, 2.24) is 0 Å². The number of rotatable bonds is 6. The molecule has 0 atom stereocenters. The second-order valence-corrected chi connectivity index (χ2v) is 15.6. The minimum atomic E-state index is 0.262. The van der Waals surface area contributed by atoms with Crippen LogP contribution in [-0.4, -0.2) is 40.2 Å². The first-order valence-corrected chi connectivity index (χ1v) is 14.9. The summed E-state index contributed by atoms with van der Waals surface area (Å²) in [5.74, 6) is 0. The van der Waals surface area contributed by atoms with E-state index in [2.05, 4.69) is 99.4 Å². The van der Waals surface area contributed by atoms with Gasteiger partial charge in [-0.3, -0.25) is 6.29 Å². The average Bonchev–Trinajstić information content (AvgIpc) is 2.50. The average molecular weight is 528 g/mol. The van der Waals surface area contributed by atoms with E-state index < -0.39 is 0 Å². The van der Waals surface area contributed by atoms with Crippen LogP contribution in [0.25, 0.3) is 0 Å². The number of carbonyl (C=O) groups excluding carboxylic acids is 1. The summed E-state index contributed by atoms with van der Waals surface area (Å²) in [5, 5.41) is 0. The zero-order valence-electron chi connectivity index (χ0n) is 19.9. The predicted octanol–water partition coefficient (Wildman–Crippen LogP) is 8.15. The van der Waals surface area contributed by atoms with E-state index in [-0.39, 0.29) is 15.8 Å². The van der Waals surface area contributed by atoms with Gasteiger partial charge in [0.25, 0.3) is 0 Å². The van der Waals surface area contributed by atoms with Crippen molar-refractivity contribution in [3.63, 3.8) is 0 Å². The Hall–Kier alpha value is 1.18. The zero-order valence-corrected chi connectivity index (χ0v) is 24.2. The summed E-state index contributed by atoms with van der Waals surface area (Å²) in [5.41, 5.74) is 5.39. The van der Waals surface area contributed by atoms with E-state index in [0.29, 0.717) is 0 Å². The van der Waals surface area contributed by atoms with Crippen LogP contribution in [-0.2, 0) is 26.8 Å². The summed E-state index contributed by atoms with van der Waals surface area (Å²) < 4.78 is 7.50. The van der Waals surface area contributed by atoms with Gasteiger partial charge < -0.3 is 4.79 Å². The molecule has 6 heteroatoms. The molecular formula is C21H45ClO2P2Ru. The number of halogens is 1. The van der Waals surface area contributed by atoms with Crippen molar-refractivity contribution in [1.29, 1.82) is 0 Å². The van der Waals surface area contributed by atoms with Crippen LogP contribution < -0.4 is 0 Å². The topological polar surface area (TPSA) is 37.0 Å². The van der Waals surface area contributed by atoms with Crippen molar-refractivity contribution in [2.75, 3.05) is 0 Å². The molecule has 0 aromatic carbocycles. The molecule has 0 N–H and O–H groups in total. The Bertz CT molecular complexity index is 246. The quantitative estimate of drug-likeness (QED) is 0.148. The van der Waals surface area contributed by atoms with Gasteiger partial charge in [-0.15, -0.1) is 0 Å². The van der Waals surface area contributed by atoms with Crippen LogP contribution in [0.1, 0.15) is 90.0 Å². The van der Waals surface area contributed by atoms with Crippen molar-refractivity contribution in [3.8, 4) is 0 Å². The molecule has 0 aromatic heterocycles. The number of hydrogen-bond donors (Lipinski definition) is 0. The fraction of sp³-hybridized carbons (Fsp3) is 0.905. The van der Waals surface area contributed by atoms with Crippen molar-refractivity contribution in [2.24, 2.45) is 0 Å². The van der Waals surface area contributed by atoms with E-state index in [4.69, 9.17) is 9.45 Å². The summed E-state index contributed by atoms with van der Waals surface area (Å²) in [6.07, 6.45) is 1.50. The van der Waals surface area contributed by atoms with E-state index >= 15 is 0 Å². The molecule has 27 heavy (non-hydrogen) atoms. The molecule has 2 nitrogen and oxygen atoms in total. The fourth-order valence-corrected chi connectivity index (χ4v) is 10.7. The molecule has 166 valence electrons. The van der Waals surface area contributed by atoms with E-state index in [1.165, 1.54) is 13.2 Å². The monoisotopic (exact) mass is 528 g/mol. The molecule has 0 aliphatic rings. The van der Waals surface area contributed by atoms with E-state index in [9.17, 15) is 0 Å². The third-order valence-corrected chi connectivity index (χ3v) is 10.7. The van der Waals surface area contributed by atoms with Gasteiger partial charge in [-0.2, -0.15) is 6.92 Å². The van der Waals surface area contributed by atoms with Crippen LogP contribution in [0.3, 0.4) is 0 Å². The second-order valence-electron chi connectivity index (χ2n) is 7.66. The van der Waals surface area contributed by atoms with Gasteiger partial charge in [0.15, 0.2) is 0 Å². The van der Waals surface area contributed by atoms with Gasteiger partial charge >= 0.3 is 38.3 Å². The molecule has 0 bridgehead atoms. The van der Waals surface area contributed by atoms with Crippen molar-refractivity contribution < 1.29 is 26.8 Å². The first-order chi connectivity index (χ1) is 12.3. The van der Waals surface area contributed by atoms with Crippen LogP contribution in [0, 0.1) is 6.65 Å². The molecule has 0 amide bonds. The molecule has 0 heterocycles. The van der Waals surface area contributed by atoms with Crippen LogP contribution in [0.15, 0.2) is 0 Å². The molecule has 0 spiro atoms. The Morgan fingerprint density at radius 3 is 0.704 bits per heavy atom. The van der Waals surface area contributed by atoms with Gasteiger partial charge in [-0.25, -0.2) is 0 Å². The standard InChI is InChI=1S/2C9H21P.C2H3O.CO.ClH.Ru/c2*1-7(2)10(8(3)4)9(5)6;1-2-3;1-2;;/h2*7-9H,1-6H3;1H3;;1H;/q;;-1;;;+2/p-1. The third-order valence-electron chi connectivity index (χ3n) is 3.58. The molecule has 0 aliphatic heterocycles. The fourth-order valence-electron chi connectivity index (χ4n) is 3.58. The normalized spacial score (nSPS) is 10.1. The summed E-state index contributed by atoms with van der Waals surface area (Å²) in [6.45, 7) is 34.1. The van der Waals surface area contributed by atoms with Crippen molar-refractivity contribution >= 4 is 31.8 Å². The molecule has 0 rings (SSSR count). The second kappa shape index (κ2) is 27.2. The Morgan fingerprint density at radius 2 is 0.704 bits per heavy atom. The van der Waals surface area contributed by atoms with E-state index in [1.807, 2.05) is 17.3 Å². The van der Waals surface area contributed by atoms with Crippen molar-refractivity contribution in [2.45, 2.75) is 124 Å². The first-order valence-electron chi connectivity index (χ1n) is 9.52. The summed E-state index contributed by atoms with van der Waals surface area (Å²) in [6, 6.07) is 0. The molecule has 0 saturated carbocycles. The van der Waals surface area contributed by atoms with Gasteiger partial charge in [0.1, 0.15) is 0 Å². The Morgan fingerprint density at radius 1 is 0.630 bits per heavy atom. The van der Waals surface area contributed by atoms with Crippen LogP contribution in [0.4, 0.5) is 0 Å². The molecule has 0 aliphatic carbocycles. The van der Waals surface area contributed by atoms with E-state index in [1.54, 1.807) is 0 Å². The molecule has 0 radical (unpaired) electrons. The first kappa shape index (κ1) is 38.7. The molecule has 0 aromatic rings. The number of hydrogen-bond acceptors (Lipinski definition) is 1. The van der Waals surface area contributed by atoms with Crippen LogP contribution in [0.5, 0.6) is 0 Å². The summed E-state index contributed by atoms with van der Waals surface area (Å²) >= 11 is 1.82. The molecule has 0 saturated heterocycles. The van der Waals surface area contributed by atoms with E-state index in [0.717, 1.165) is 34.0 Å². The molecular weight excluding hydrogens is 483 g/mol. The maximum absolute atomic E-state index is 8.68. The van der Waals surface area contributed by atoms with Crippen LogP contribution in [0.2, 0.25) is 0 Å². The SMILES string of the molecule is CC(C)P(C(C)C)C(C)C.CC(C)P(C(C)C)C(C)C.C[C-]=O.[C-]#[O+].[Cl][Ru+]. The third kappa shape index (κ3) is 27.2. The van der Waals surface area contributed by atoms with Gasteiger partial charge in [-0.1, -0.05) is 98.9 Å². The van der Waals surface area contributed by atoms with Gasteiger partial charge in [0.2, 0.25) is 0 Å². The van der Waals surface area contributed by atoms with Gasteiger partial charge in [0, 0.05) is 0 Å².